The maximum absolute atomic E-state index is 8.80. The van der Waals surface area contributed by atoms with Gasteiger partial charge in [-0.1, -0.05) is 17.7 Å². The van der Waals surface area contributed by atoms with Crippen LogP contribution in [0, 0.1) is 11.3 Å². The van der Waals surface area contributed by atoms with Gasteiger partial charge in [-0.3, -0.25) is 0 Å². The number of benzene rings is 1. The normalized spacial score (nSPS) is 10.2. The molecule has 0 spiro atoms. The molecule has 0 amide bonds. The maximum atomic E-state index is 8.80. The van der Waals surface area contributed by atoms with Crippen LogP contribution in [0.2, 0.25) is 5.02 Å². The zero-order valence-electron chi connectivity index (χ0n) is 10.9. The molecule has 0 aliphatic rings. The Hall–Kier alpha value is -1.61. The summed E-state index contributed by atoms with van der Waals surface area (Å²) in [4.78, 5) is 5.37. The lowest BCUT2D eigenvalue weighted by Crippen LogP contribution is -1.96. The van der Waals surface area contributed by atoms with Gasteiger partial charge < -0.3 is 9.47 Å². The Morgan fingerprint density at radius 2 is 2.25 bits per heavy atom. The summed E-state index contributed by atoms with van der Waals surface area (Å²) >= 11 is 7.37. The van der Waals surface area contributed by atoms with E-state index < -0.39 is 0 Å². The molecule has 0 aliphatic carbocycles. The average molecular weight is 309 g/mol. The minimum Gasteiger partial charge on any atom is -0.486 e. The summed E-state index contributed by atoms with van der Waals surface area (Å²) in [6, 6.07) is 9.35. The minimum absolute atomic E-state index is 0.341. The van der Waals surface area contributed by atoms with Crippen LogP contribution >= 0.6 is 22.9 Å². The third-order valence-corrected chi connectivity index (χ3v) is 3.81. The van der Waals surface area contributed by atoms with E-state index in [1.807, 2.05) is 12.1 Å². The van der Waals surface area contributed by atoms with Gasteiger partial charge in [-0.05, 0) is 18.2 Å². The van der Waals surface area contributed by atoms with Gasteiger partial charge in [0, 0.05) is 17.0 Å². The first kappa shape index (κ1) is 14.8. The Bertz CT molecular complexity index is 622. The highest BCUT2D eigenvalue weighted by molar-refractivity contribution is 7.11. The van der Waals surface area contributed by atoms with Crippen LogP contribution in [0.3, 0.4) is 0 Å². The largest absolute Gasteiger partial charge is 0.486 e. The highest BCUT2D eigenvalue weighted by Crippen LogP contribution is 2.23. The van der Waals surface area contributed by atoms with Crippen molar-refractivity contribution in [2.45, 2.75) is 19.6 Å². The van der Waals surface area contributed by atoms with Crippen LogP contribution in [0.5, 0.6) is 5.75 Å². The number of rotatable bonds is 6. The number of nitrogens with zero attached hydrogens (tertiary/aromatic N) is 2. The average Bonchev–Trinajstić information content (AvgIpc) is 2.80. The molecule has 0 N–H and O–H groups in total. The van der Waals surface area contributed by atoms with Gasteiger partial charge in [-0.2, -0.15) is 5.26 Å². The zero-order chi connectivity index (χ0) is 14.4. The van der Waals surface area contributed by atoms with Crippen molar-refractivity contribution in [1.82, 2.24) is 4.98 Å². The molecule has 0 atom stereocenters. The van der Waals surface area contributed by atoms with E-state index in [9.17, 15) is 0 Å². The SMILES string of the molecule is COCc1nc(COc2cccc(Cl)c2)sc1CC#N. The lowest BCUT2D eigenvalue weighted by atomic mass is 10.3. The smallest absolute Gasteiger partial charge is 0.140 e. The topological polar surface area (TPSA) is 55.1 Å². The molecule has 104 valence electrons. The molecule has 20 heavy (non-hydrogen) atoms. The molecular formula is C14H13ClN2O2S. The van der Waals surface area contributed by atoms with Gasteiger partial charge in [0.1, 0.15) is 17.4 Å². The number of nitriles is 1. The fourth-order valence-corrected chi connectivity index (χ4v) is 2.76. The van der Waals surface area contributed by atoms with E-state index >= 15 is 0 Å². The minimum atomic E-state index is 0.341. The number of ether oxygens (including phenoxy) is 2. The standard InChI is InChI=1S/C14H13ClN2O2S/c1-18-8-12-13(5-6-16)20-14(17-12)9-19-11-4-2-3-10(15)7-11/h2-4,7H,5,8-9H2,1H3. The molecule has 2 aromatic rings. The van der Waals surface area contributed by atoms with Crippen molar-refractivity contribution in [3.63, 3.8) is 0 Å². The molecular weight excluding hydrogens is 296 g/mol. The van der Waals surface area contributed by atoms with Crippen molar-refractivity contribution >= 4 is 22.9 Å². The number of aromatic nitrogens is 1. The summed E-state index contributed by atoms with van der Waals surface area (Å²) in [7, 11) is 1.61. The maximum Gasteiger partial charge on any atom is 0.140 e. The monoisotopic (exact) mass is 308 g/mol. The van der Waals surface area contributed by atoms with Crippen molar-refractivity contribution < 1.29 is 9.47 Å². The molecule has 0 bridgehead atoms. The third-order valence-electron chi connectivity index (χ3n) is 2.50. The summed E-state index contributed by atoms with van der Waals surface area (Å²) in [5.41, 5.74) is 0.809. The number of methoxy groups -OCH3 is 1. The van der Waals surface area contributed by atoms with E-state index in [2.05, 4.69) is 11.1 Å². The van der Waals surface area contributed by atoms with Gasteiger partial charge in [-0.15, -0.1) is 11.3 Å². The molecule has 0 aliphatic heterocycles. The van der Waals surface area contributed by atoms with Crippen molar-refractivity contribution in [3.8, 4) is 11.8 Å². The van der Waals surface area contributed by atoms with E-state index in [0.717, 1.165) is 15.6 Å². The summed E-state index contributed by atoms with van der Waals surface area (Å²) in [5.74, 6) is 0.697. The van der Waals surface area contributed by atoms with Crippen LogP contribution in [0.25, 0.3) is 0 Å². The molecule has 0 unspecified atom stereocenters. The van der Waals surface area contributed by atoms with E-state index in [-0.39, 0.29) is 0 Å². The van der Waals surface area contributed by atoms with Gasteiger partial charge in [0.25, 0.3) is 0 Å². The van der Waals surface area contributed by atoms with Gasteiger partial charge in [0.2, 0.25) is 0 Å². The molecule has 6 heteroatoms. The second kappa shape index (κ2) is 7.25. The van der Waals surface area contributed by atoms with Crippen LogP contribution in [0.15, 0.2) is 24.3 Å². The van der Waals surface area contributed by atoms with Crippen molar-refractivity contribution in [1.29, 1.82) is 5.26 Å². The van der Waals surface area contributed by atoms with Gasteiger partial charge in [-0.25, -0.2) is 4.98 Å². The van der Waals surface area contributed by atoms with Crippen LogP contribution in [0.1, 0.15) is 15.6 Å². The lowest BCUT2D eigenvalue weighted by Gasteiger charge is -2.03. The van der Waals surface area contributed by atoms with Gasteiger partial charge >= 0.3 is 0 Å². The molecule has 0 fully saturated rings. The molecule has 0 saturated carbocycles. The number of thiazole rings is 1. The van der Waals surface area contributed by atoms with Crippen molar-refractivity contribution in [2.75, 3.05) is 7.11 Å². The Morgan fingerprint density at radius 3 is 2.95 bits per heavy atom. The molecule has 1 aromatic heterocycles. The Morgan fingerprint density at radius 1 is 1.40 bits per heavy atom. The Labute approximate surface area is 126 Å². The molecule has 2 rings (SSSR count). The predicted molar refractivity (Wildman–Crippen MR) is 77.9 cm³/mol. The molecule has 1 aromatic carbocycles. The van der Waals surface area contributed by atoms with E-state index in [1.54, 1.807) is 19.2 Å². The molecule has 0 radical (unpaired) electrons. The summed E-state index contributed by atoms with van der Waals surface area (Å²) in [6.07, 6.45) is 0.341. The Balaban J connectivity index is 2.06. The summed E-state index contributed by atoms with van der Waals surface area (Å²) in [5, 5.41) is 10.3. The second-order valence-electron chi connectivity index (χ2n) is 3.99. The van der Waals surface area contributed by atoms with Crippen LogP contribution < -0.4 is 4.74 Å². The highest BCUT2D eigenvalue weighted by Gasteiger charge is 2.11. The fourth-order valence-electron chi connectivity index (χ4n) is 1.66. The quantitative estimate of drug-likeness (QED) is 0.818. The Kier molecular flexibility index (Phi) is 5.36. The molecule has 1 heterocycles. The number of hydrogen-bond acceptors (Lipinski definition) is 5. The first-order valence-electron chi connectivity index (χ1n) is 5.94. The summed E-state index contributed by atoms with van der Waals surface area (Å²) in [6.45, 7) is 0.762. The third kappa shape index (κ3) is 3.94. The lowest BCUT2D eigenvalue weighted by molar-refractivity contribution is 0.181. The van der Waals surface area contributed by atoms with E-state index in [0.29, 0.717) is 30.4 Å². The number of hydrogen-bond donors (Lipinski definition) is 0. The van der Waals surface area contributed by atoms with E-state index in [4.69, 9.17) is 26.3 Å². The molecule has 0 saturated heterocycles. The predicted octanol–water partition coefficient (Wildman–Crippen LogP) is 3.59. The summed E-state index contributed by atoms with van der Waals surface area (Å²) < 4.78 is 10.7. The van der Waals surface area contributed by atoms with Gasteiger partial charge in [0.05, 0.1) is 24.8 Å². The zero-order valence-corrected chi connectivity index (χ0v) is 12.5. The van der Waals surface area contributed by atoms with Crippen LogP contribution in [-0.2, 0) is 24.4 Å². The first-order chi connectivity index (χ1) is 9.72. The second-order valence-corrected chi connectivity index (χ2v) is 5.60. The highest BCUT2D eigenvalue weighted by atomic mass is 35.5. The van der Waals surface area contributed by atoms with Crippen LogP contribution in [-0.4, -0.2) is 12.1 Å². The van der Waals surface area contributed by atoms with Crippen molar-refractivity contribution in [3.05, 3.63) is 44.9 Å². The number of halogens is 1. The molecule has 4 nitrogen and oxygen atoms in total. The van der Waals surface area contributed by atoms with Gasteiger partial charge in [0.15, 0.2) is 0 Å². The van der Waals surface area contributed by atoms with Crippen molar-refractivity contribution in [2.24, 2.45) is 0 Å². The van der Waals surface area contributed by atoms with E-state index in [1.165, 1.54) is 11.3 Å². The first-order valence-corrected chi connectivity index (χ1v) is 7.14. The fraction of sp³-hybridized carbons (Fsp3) is 0.286. The van der Waals surface area contributed by atoms with Crippen LogP contribution in [0.4, 0.5) is 0 Å².